The fraction of sp³-hybridized carbons (Fsp3) is 0.429. The van der Waals surface area contributed by atoms with Crippen LogP contribution in [0, 0.1) is 5.41 Å². The zero-order valence-electron chi connectivity index (χ0n) is 15.0. The molecule has 4 heterocycles. The van der Waals surface area contributed by atoms with Crippen molar-refractivity contribution in [1.82, 2.24) is 15.2 Å². The smallest absolute Gasteiger partial charge is 0.270 e. The maximum atomic E-state index is 12.5. The van der Waals surface area contributed by atoms with E-state index in [1.165, 1.54) is 19.3 Å². The summed E-state index contributed by atoms with van der Waals surface area (Å²) in [6.07, 6.45) is 5.18. The van der Waals surface area contributed by atoms with Crippen molar-refractivity contribution in [3.8, 4) is 5.75 Å². The third-order valence-corrected chi connectivity index (χ3v) is 5.71. The number of nitrogens with zero attached hydrogens (tertiary/aromatic N) is 2. The van der Waals surface area contributed by atoms with Gasteiger partial charge in [-0.3, -0.25) is 9.78 Å². The molecule has 1 aromatic carbocycles. The molecule has 3 fully saturated rings. The van der Waals surface area contributed by atoms with Gasteiger partial charge in [-0.25, -0.2) is 0 Å². The highest BCUT2D eigenvalue weighted by molar-refractivity contribution is 5.92. The largest absolute Gasteiger partial charge is 0.489 e. The van der Waals surface area contributed by atoms with Gasteiger partial charge in [-0.05, 0) is 55.9 Å². The van der Waals surface area contributed by atoms with Gasteiger partial charge in [0.25, 0.3) is 5.91 Å². The summed E-state index contributed by atoms with van der Waals surface area (Å²) in [6, 6.07) is 13.5. The van der Waals surface area contributed by atoms with E-state index < -0.39 is 0 Å². The molecule has 0 atom stereocenters. The van der Waals surface area contributed by atoms with Crippen LogP contribution in [-0.2, 0) is 6.61 Å². The minimum absolute atomic E-state index is 0.113. The number of nitrogens with one attached hydrogen (secondary N) is 1. The van der Waals surface area contributed by atoms with Crippen LogP contribution in [0.1, 0.15) is 35.3 Å². The number of hydrogen-bond donors (Lipinski definition) is 1. The van der Waals surface area contributed by atoms with Crippen LogP contribution in [-0.4, -0.2) is 42.0 Å². The van der Waals surface area contributed by atoms with E-state index in [0.717, 1.165) is 31.7 Å². The summed E-state index contributed by atoms with van der Waals surface area (Å²) in [5, 5.41) is 3.11. The Labute approximate surface area is 154 Å². The first-order valence-electron chi connectivity index (χ1n) is 9.36. The standard InChI is InChI=1S/C21H25N3O2/c25-20(23-16-21-7-11-24(12-8-21)13-9-21)19-14-18(6-10-22-19)26-15-17-4-2-1-3-5-17/h1-6,10,14H,7-9,11-13,15-16H2,(H,23,25). The van der Waals surface area contributed by atoms with Gasteiger partial charge in [0, 0.05) is 18.8 Å². The fourth-order valence-electron chi connectivity index (χ4n) is 3.89. The molecule has 3 saturated heterocycles. The molecule has 0 unspecified atom stereocenters. The number of fused-ring (bicyclic) bond motifs is 3. The summed E-state index contributed by atoms with van der Waals surface area (Å²) in [4.78, 5) is 19.3. The Hall–Kier alpha value is -2.40. The molecule has 3 aliphatic rings. The Morgan fingerprint density at radius 1 is 1.12 bits per heavy atom. The van der Waals surface area contributed by atoms with Gasteiger partial charge in [-0.2, -0.15) is 0 Å². The fourth-order valence-corrected chi connectivity index (χ4v) is 3.89. The van der Waals surface area contributed by atoms with Crippen molar-refractivity contribution in [1.29, 1.82) is 0 Å². The first kappa shape index (κ1) is 17.0. The molecule has 3 aliphatic heterocycles. The van der Waals surface area contributed by atoms with E-state index in [0.29, 0.717) is 18.1 Å². The van der Waals surface area contributed by atoms with Crippen LogP contribution in [0.25, 0.3) is 0 Å². The second-order valence-corrected chi connectivity index (χ2v) is 7.43. The van der Waals surface area contributed by atoms with Crippen molar-refractivity contribution >= 4 is 5.91 Å². The highest BCUT2D eigenvalue weighted by atomic mass is 16.5. The van der Waals surface area contributed by atoms with E-state index in [9.17, 15) is 4.79 Å². The lowest BCUT2D eigenvalue weighted by Gasteiger charge is -2.48. The molecule has 2 bridgehead atoms. The zero-order chi connectivity index (χ0) is 17.8. The Bertz CT molecular complexity index is 741. The van der Waals surface area contributed by atoms with E-state index in [-0.39, 0.29) is 11.3 Å². The lowest BCUT2D eigenvalue weighted by atomic mass is 9.72. The van der Waals surface area contributed by atoms with Crippen molar-refractivity contribution in [2.45, 2.75) is 25.9 Å². The molecule has 0 spiro atoms. The van der Waals surface area contributed by atoms with Crippen LogP contribution in [0.3, 0.4) is 0 Å². The first-order chi connectivity index (χ1) is 12.7. The van der Waals surface area contributed by atoms with E-state index in [2.05, 4.69) is 15.2 Å². The molecular weight excluding hydrogens is 326 g/mol. The van der Waals surface area contributed by atoms with Crippen molar-refractivity contribution in [3.05, 3.63) is 59.9 Å². The number of benzene rings is 1. The SMILES string of the molecule is O=C(NCC12CCN(CC1)CC2)c1cc(OCc2ccccc2)ccn1. The van der Waals surface area contributed by atoms with Gasteiger partial charge in [0.2, 0.25) is 0 Å². The van der Waals surface area contributed by atoms with Crippen LogP contribution in [0.2, 0.25) is 0 Å². The van der Waals surface area contributed by atoms with Crippen LogP contribution in [0.5, 0.6) is 5.75 Å². The maximum Gasteiger partial charge on any atom is 0.270 e. The lowest BCUT2D eigenvalue weighted by molar-refractivity contribution is 0.0261. The highest BCUT2D eigenvalue weighted by Gasteiger charge is 2.39. The van der Waals surface area contributed by atoms with Crippen molar-refractivity contribution in [2.24, 2.45) is 5.41 Å². The van der Waals surface area contributed by atoms with Crippen molar-refractivity contribution in [2.75, 3.05) is 26.2 Å². The van der Waals surface area contributed by atoms with Gasteiger partial charge in [0.15, 0.2) is 0 Å². The van der Waals surface area contributed by atoms with Crippen LogP contribution < -0.4 is 10.1 Å². The number of amides is 1. The van der Waals surface area contributed by atoms with Crippen LogP contribution >= 0.6 is 0 Å². The molecule has 5 heteroatoms. The Morgan fingerprint density at radius 3 is 2.58 bits per heavy atom. The zero-order valence-corrected chi connectivity index (χ0v) is 15.0. The first-order valence-corrected chi connectivity index (χ1v) is 9.36. The van der Waals surface area contributed by atoms with Gasteiger partial charge < -0.3 is 15.0 Å². The minimum Gasteiger partial charge on any atom is -0.489 e. The number of pyridine rings is 1. The number of hydrogen-bond acceptors (Lipinski definition) is 4. The average Bonchev–Trinajstić information content (AvgIpc) is 2.73. The van der Waals surface area contributed by atoms with Gasteiger partial charge in [0.05, 0.1) is 0 Å². The van der Waals surface area contributed by atoms with Crippen molar-refractivity contribution < 1.29 is 9.53 Å². The molecule has 136 valence electrons. The third kappa shape index (κ3) is 3.88. The Morgan fingerprint density at radius 2 is 1.85 bits per heavy atom. The van der Waals surface area contributed by atoms with Gasteiger partial charge >= 0.3 is 0 Å². The van der Waals surface area contributed by atoms with Gasteiger partial charge in [0.1, 0.15) is 18.1 Å². The predicted octanol–water partition coefficient (Wildman–Crippen LogP) is 2.88. The number of carbonyl (C=O) groups is 1. The number of piperidine rings is 3. The molecule has 1 N–H and O–H groups in total. The number of rotatable bonds is 6. The summed E-state index contributed by atoms with van der Waals surface area (Å²) < 4.78 is 5.80. The molecular formula is C21H25N3O2. The van der Waals surface area contributed by atoms with E-state index >= 15 is 0 Å². The molecule has 1 amide bonds. The monoisotopic (exact) mass is 351 g/mol. The van der Waals surface area contributed by atoms with Gasteiger partial charge in [-0.1, -0.05) is 30.3 Å². The Balaban J connectivity index is 1.34. The summed E-state index contributed by atoms with van der Waals surface area (Å²) in [5.74, 6) is 0.552. The second kappa shape index (κ2) is 7.46. The van der Waals surface area contributed by atoms with Crippen molar-refractivity contribution in [3.63, 3.8) is 0 Å². The van der Waals surface area contributed by atoms with E-state index in [1.54, 1.807) is 18.3 Å². The third-order valence-electron chi connectivity index (χ3n) is 5.71. The molecule has 0 radical (unpaired) electrons. The highest BCUT2D eigenvalue weighted by Crippen LogP contribution is 2.39. The summed E-state index contributed by atoms with van der Waals surface area (Å²) in [5.41, 5.74) is 1.80. The summed E-state index contributed by atoms with van der Waals surface area (Å²) in [6.45, 7) is 4.72. The van der Waals surface area contributed by atoms with Crippen LogP contribution in [0.15, 0.2) is 48.7 Å². The maximum absolute atomic E-state index is 12.5. The molecule has 0 saturated carbocycles. The second-order valence-electron chi connectivity index (χ2n) is 7.43. The molecule has 5 rings (SSSR count). The minimum atomic E-state index is -0.113. The average molecular weight is 351 g/mol. The van der Waals surface area contributed by atoms with E-state index in [1.807, 2.05) is 30.3 Å². The summed E-state index contributed by atoms with van der Waals surface area (Å²) in [7, 11) is 0. The normalized spacial score (nSPS) is 24.2. The molecule has 2 aromatic rings. The van der Waals surface area contributed by atoms with Gasteiger partial charge in [-0.15, -0.1) is 0 Å². The topological polar surface area (TPSA) is 54.5 Å². The predicted molar refractivity (Wildman–Crippen MR) is 100 cm³/mol. The number of carbonyl (C=O) groups excluding carboxylic acids is 1. The number of aromatic nitrogens is 1. The molecule has 5 nitrogen and oxygen atoms in total. The summed E-state index contributed by atoms with van der Waals surface area (Å²) >= 11 is 0. The number of ether oxygens (including phenoxy) is 1. The molecule has 0 aliphatic carbocycles. The lowest BCUT2D eigenvalue weighted by Crippen LogP contribution is -2.52. The quantitative estimate of drug-likeness (QED) is 0.869. The molecule has 26 heavy (non-hydrogen) atoms. The molecule has 1 aromatic heterocycles. The van der Waals surface area contributed by atoms with E-state index in [4.69, 9.17) is 4.74 Å². The van der Waals surface area contributed by atoms with Crippen LogP contribution in [0.4, 0.5) is 0 Å². The Kier molecular flexibility index (Phi) is 4.89.